The van der Waals surface area contributed by atoms with E-state index in [0.717, 1.165) is 42.8 Å². The summed E-state index contributed by atoms with van der Waals surface area (Å²) >= 11 is 0. The zero-order chi connectivity index (χ0) is 19.0. The van der Waals surface area contributed by atoms with Crippen LogP contribution in [0.25, 0.3) is 11.0 Å². The molecule has 1 aromatic heterocycles. The molecule has 2 saturated heterocycles. The molecule has 2 aromatic rings. The van der Waals surface area contributed by atoms with E-state index in [-0.39, 0.29) is 43.4 Å². The number of rotatable bonds is 4. The normalized spacial score (nSPS) is 17.6. The number of fused-ring (bicyclic) bond motifs is 1. The summed E-state index contributed by atoms with van der Waals surface area (Å²) in [5.41, 5.74) is 1.51. The van der Waals surface area contributed by atoms with E-state index in [0.29, 0.717) is 13.1 Å². The number of aryl methyl sites for hydroxylation is 1. The Hall–Kier alpha value is -2.03. The fourth-order valence-electron chi connectivity index (χ4n) is 3.88. The highest BCUT2D eigenvalue weighted by Gasteiger charge is 2.46. The van der Waals surface area contributed by atoms with Gasteiger partial charge in [-0.1, -0.05) is 12.1 Å². The number of hydrogen-bond acceptors (Lipinski definition) is 5. The summed E-state index contributed by atoms with van der Waals surface area (Å²) in [6.07, 6.45) is 1.19. The Morgan fingerprint density at radius 3 is 2.66 bits per heavy atom. The molecule has 29 heavy (non-hydrogen) atoms. The molecule has 2 fully saturated rings. The second kappa shape index (κ2) is 9.19. The molecule has 0 radical (unpaired) electrons. The minimum atomic E-state index is -0.432. The summed E-state index contributed by atoms with van der Waals surface area (Å²) in [6.45, 7) is 2.58. The number of nitrogens with one attached hydrogen (secondary N) is 1. The number of piperidine rings is 1. The van der Waals surface area contributed by atoms with Gasteiger partial charge in [0.15, 0.2) is 0 Å². The summed E-state index contributed by atoms with van der Waals surface area (Å²) in [7, 11) is 3.69. The molecule has 0 saturated carbocycles. The Bertz CT molecular complexity index is 882. The average molecular weight is 444 g/mol. The quantitative estimate of drug-likeness (QED) is 0.780. The molecular weight excluding hydrogens is 417 g/mol. The molecule has 2 amide bonds. The van der Waals surface area contributed by atoms with Crippen molar-refractivity contribution in [2.24, 2.45) is 7.05 Å². The highest BCUT2D eigenvalue weighted by Crippen LogP contribution is 2.31. The molecule has 2 aliphatic rings. The van der Waals surface area contributed by atoms with Gasteiger partial charge in [0.05, 0.1) is 24.1 Å². The first-order valence-electron chi connectivity index (χ1n) is 9.30. The SMILES string of the molecule is CN(Cc1nc2ccccc2n1C)C(=O)CN1CC2(CCNCC2)OC1=O.Cl.Cl. The van der Waals surface area contributed by atoms with Crippen molar-refractivity contribution in [3.8, 4) is 0 Å². The predicted molar refractivity (Wildman–Crippen MR) is 115 cm³/mol. The van der Waals surface area contributed by atoms with Crippen LogP contribution in [0.4, 0.5) is 4.79 Å². The van der Waals surface area contributed by atoms with Crippen LogP contribution in [0, 0.1) is 0 Å². The van der Waals surface area contributed by atoms with Crippen LogP contribution in [0.3, 0.4) is 0 Å². The Labute approximate surface area is 182 Å². The van der Waals surface area contributed by atoms with E-state index in [1.807, 2.05) is 35.9 Å². The lowest BCUT2D eigenvalue weighted by Crippen LogP contribution is -2.46. The smallest absolute Gasteiger partial charge is 0.410 e. The molecular formula is C19H27Cl2N5O3. The number of aromatic nitrogens is 2. The van der Waals surface area contributed by atoms with E-state index in [1.54, 1.807) is 11.9 Å². The molecule has 1 aromatic carbocycles. The number of halogens is 2. The fraction of sp³-hybridized carbons (Fsp3) is 0.526. The molecule has 4 rings (SSSR count). The molecule has 3 heterocycles. The van der Waals surface area contributed by atoms with Crippen LogP contribution in [0.15, 0.2) is 24.3 Å². The first-order valence-corrected chi connectivity index (χ1v) is 9.30. The second-order valence-corrected chi connectivity index (χ2v) is 7.48. The van der Waals surface area contributed by atoms with Crippen LogP contribution in [0.5, 0.6) is 0 Å². The van der Waals surface area contributed by atoms with Crippen LogP contribution in [-0.2, 0) is 23.1 Å². The molecule has 1 spiro atoms. The maximum absolute atomic E-state index is 12.7. The van der Waals surface area contributed by atoms with E-state index in [2.05, 4.69) is 10.3 Å². The molecule has 160 valence electrons. The van der Waals surface area contributed by atoms with E-state index >= 15 is 0 Å². The van der Waals surface area contributed by atoms with Gasteiger partial charge in [0.25, 0.3) is 0 Å². The van der Waals surface area contributed by atoms with E-state index in [4.69, 9.17) is 4.74 Å². The molecule has 0 unspecified atom stereocenters. The Morgan fingerprint density at radius 1 is 1.28 bits per heavy atom. The number of carbonyl (C=O) groups is 2. The van der Waals surface area contributed by atoms with Crippen molar-refractivity contribution in [1.82, 2.24) is 24.7 Å². The lowest BCUT2D eigenvalue weighted by atomic mass is 9.92. The van der Waals surface area contributed by atoms with Crippen molar-refractivity contribution in [3.63, 3.8) is 0 Å². The van der Waals surface area contributed by atoms with Crippen LogP contribution in [0.2, 0.25) is 0 Å². The standard InChI is InChI=1S/C19H25N5O3.2ClH/c1-22(11-16-21-14-5-3-4-6-15(14)23(16)2)17(25)12-24-13-19(27-18(24)26)7-9-20-10-8-19;;/h3-6,20H,7-13H2,1-2H3;2*1H. The molecule has 8 nitrogen and oxygen atoms in total. The molecule has 2 aliphatic heterocycles. The van der Waals surface area contributed by atoms with E-state index in [9.17, 15) is 9.59 Å². The Morgan fingerprint density at radius 2 is 1.97 bits per heavy atom. The third-order valence-electron chi connectivity index (χ3n) is 5.57. The van der Waals surface area contributed by atoms with Gasteiger partial charge in [0.2, 0.25) is 5.91 Å². The number of ether oxygens (including phenoxy) is 1. The van der Waals surface area contributed by atoms with Crippen molar-refractivity contribution in [2.45, 2.75) is 25.0 Å². The third kappa shape index (κ3) is 4.60. The molecule has 0 bridgehead atoms. The van der Waals surface area contributed by atoms with Gasteiger partial charge < -0.3 is 19.5 Å². The summed E-state index contributed by atoms with van der Waals surface area (Å²) in [5, 5.41) is 3.27. The second-order valence-electron chi connectivity index (χ2n) is 7.48. The number of hydrogen-bond donors (Lipinski definition) is 1. The molecule has 10 heteroatoms. The van der Waals surface area contributed by atoms with E-state index in [1.165, 1.54) is 4.90 Å². The van der Waals surface area contributed by atoms with Gasteiger partial charge in [-0.3, -0.25) is 9.69 Å². The van der Waals surface area contributed by atoms with Gasteiger partial charge in [-0.15, -0.1) is 24.8 Å². The van der Waals surface area contributed by atoms with Gasteiger partial charge in [-0.2, -0.15) is 0 Å². The minimum absolute atomic E-state index is 0. The van der Waals surface area contributed by atoms with Gasteiger partial charge in [-0.05, 0) is 25.2 Å². The number of nitrogens with zero attached hydrogens (tertiary/aromatic N) is 4. The van der Waals surface area contributed by atoms with Gasteiger partial charge in [0, 0.05) is 26.9 Å². The number of imidazole rings is 1. The van der Waals surface area contributed by atoms with Crippen LogP contribution < -0.4 is 5.32 Å². The largest absolute Gasteiger partial charge is 0.441 e. The number of para-hydroxylation sites is 2. The first kappa shape index (κ1) is 23.3. The molecule has 0 atom stereocenters. The monoisotopic (exact) mass is 443 g/mol. The summed E-state index contributed by atoms with van der Waals surface area (Å²) < 4.78 is 7.61. The maximum atomic E-state index is 12.7. The van der Waals surface area contributed by atoms with Crippen molar-refractivity contribution < 1.29 is 14.3 Å². The summed E-state index contributed by atoms with van der Waals surface area (Å²) in [5.74, 6) is 0.691. The van der Waals surface area contributed by atoms with Gasteiger partial charge >= 0.3 is 6.09 Å². The first-order chi connectivity index (χ1) is 13.0. The minimum Gasteiger partial charge on any atom is -0.441 e. The van der Waals surface area contributed by atoms with Crippen LogP contribution in [0.1, 0.15) is 18.7 Å². The summed E-state index contributed by atoms with van der Waals surface area (Å²) in [6, 6.07) is 7.88. The highest BCUT2D eigenvalue weighted by molar-refractivity contribution is 5.85. The zero-order valence-corrected chi connectivity index (χ0v) is 18.2. The fourth-order valence-corrected chi connectivity index (χ4v) is 3.88. The lowest BCUT2D eigenvalue weighted by molar-refractivity contribution is -0.131. The van der Waals surface area contributed by atoms with E-state index < -0.39 is 5.60 Å². The van der Waals surface area contributed by atoms with Crippen molar-refractivity contribution in [1.29, 1.82) is 0 Å². The van der Waals surface area contributed by atoms with Crippen molar-refractivity contribution in [2.75, 3.05) is 33.2 Å². The Kier molecular flexibility index (Phi) is 7.37. The number of amides is 2. The van der Waals surface area contributed by atoms with Crippen molar-refractivity contribution in [3.05, 3.63) is 30.1 Å². The van der Waals surface area contributed by atoms with Crippen molar-refractivity contribution >= 4 is 47.8 Å². The Balaban J connectivity index is 0.00000150. The molecule has 1 N–H and O–H groups in total. The topological polar surface area (TPSA) is 79.7 Å². The van der Waals surface area contributed by atoms with Gasteiger partial charge in [0.1, 0.15) is 18.0 Å². The van der Waals surface area contributed by atoms with Crippen LogP contribution >= 0.6 is 24.8 Å². The zero-order valence-electron chi connectivity index (χ0n) is 16.6. The third-order valence-corrected chi connectivity index (χ3v) is 5.57. The highest BCUT2D eigenvalue weighted by atomic mass is 35.5. The number of likely N-dealkylation sites (N-methyl/N-ethyl adjacent to an activating group) is 1. The number of carbonyl (C=O) groups excluding carboxylic acids is 2. The maximum Gasteiger partial charge on any atom is 0.410 e. The number of benzene rings is 1. The predicted octanol–water partition coefficient (Wildman–Crippen LogP) is 1.95. The van der Waals surface area contributed by atoms with Crippen LogP contribution in [-0.4, -0.2) is 70.2 Å². The molecule has 0 aliphatic carbocycles. The summed E-state index contributed by atoms with van der Waals surface area (Å²) in [4.78, 5) is 32.7. The average Bonchev–Trinajstić information content (AvgIpc) is 3.13. The lowest BCUT2D eigenvalue weighted by Gasteiger charge is -2.31. The van der Waals surface area contributed by atoms with Gasteiger partial charge in [-0.25, -0.2) is 9.78 Å².